The second kappa shape index (κ2) is 2.96. The van der Waals surface area contributed by atoms with E-state index in [1.54, 1.807) is 0 Å². The van der Waals surface area contributed by atoms with Crippen LogP contribution in [0.5, 0.6) is 0 Å². The molecule has 0 nitrogen and oxygen atoms in total. The van der Waals surface area contributed by atoms with Gasteiger partial charge in [0.1, 0.15) is 0 Å². The maximum Gasteiger partial charge on any atom is 0.0253 e. The molecule has 68 valence electrons. The Labute approximate surface area is 91.4 Å². The van der Waals surface area contributed by atoms with Gasteiger partial charge in [-0.2, -0.15) is 0 Å². The number of allylic oxidation sites excluding steroid dienone is 1. The molecule has 1 aliphatic carbocycles. The molecule has 0 unspecified atom stereocenters. The summed E-state index contributed by atoms with van der Waals surface area (Å²) in [5, 5.41) is 2.69. The van der Waals surface area contributed by atoms with Gasteiger partial charge in [0, 0.05) is 4.47 Å². The highest BCUT2D eigenvalue weighted by atomic mass is 79.9. The first kappa shape index (κ1) is 8.25. The van der Waals surface area contributed by atoms with Crippen molar-refractivity contribution in [3.05, 3.63) is 52.0 Å². The molecular weight excluding hydrogens is 236 g/mol. The largest absolute Gasteiger partial charge is 0.0795 e. The molecule has 0 aliphatic heterocycles. The van der Waals surface area contributed by atoms with E-state index in [0.29, 0.717) is 0 Å². The minimum atomic E-state index is 1.07. The van der Waals surface area contributed by atoms with Crippen LogP contribution in [0.4, 0.5) is 0 Å². The first-order chi connectivity index (χ1) is 6.86. The minimum Gasteiger partial charge on any atom is -0.0795 e. The van der Waals surface area contributed by atoms with Crippen LogP contribution in [0.25, 0.3) is 16.8 Å². The Hall–Kier alpha value is -1.08. The molecule has 0 saturated heterocycles. The second-order valence-corrected chi connectivity index (χ2v) is 4.43. The van der Waals surface area contributed by atoms with Gasteiger partial charge in [-0.3, -0.25) is 0 Å². The Bertz CT molecular complexity index is 538. The number of benzene rings is 2. The molecule has 0 spiro atoms. The predicted octanol–water partition coefficient (Wildman–Crippen LogP) is 4.17. The van der Waals surface area contributed by atoms with Crippen LogP contribution in [0.2, 0.25) is 0 Å². The predicted molar refractivity (Wildman–Crippen MR) is 64.4 cm³/mol. The Morgan fingerprint density at radius 1 is 1.00 bits per heavy atom. The van der Waals surface area contributed by atoms with Gasteiger partial charge >= 0.3 is 0 Å². The van der Waals surface area contributed by atoms with Gasteiger partial charge in [-0.15, -0.1) is 0 Å². The van der Waals surface area contributed by atoms with Gasteiger partial charge in [0.05, 0.1) is 0 Å². The molecule has 3 rings (SSSR count). The summed E-state index contributed by atoms with van der Waals surface area (Å²) in [6.07, 6.45) is 5.50. The van der Waals surface area contributed by atoms with E-state index >= 15 is 0 Å². The van der Waals surface area contributed by atoms with Gasteiger partial charge in [-0.1, -0.05) is 52.3 Å². The van der Waals surface area contributed by atoms with E-state index in [1.807, 2.05) is 0 Å². The highest BCUT2D eigenvalue weighted by molar-refractivity contribution is 9.10. The number of fused-ring (bicyclic) bond motifs is 3. The third-order valence-corrected chi connectivity index (χ3v) is 3.47. The molecule has 0 N–H and O–H groups in total. The molecule has 0 atom stereocenters. The van der Waals surface area contributed by atoms with Crippen molar-refractivity contribution in [2.75, 3.05) is 0 Å². The van der Waals surface area contributed by atoms with Crippen molar-refractivity contribution in [1.29, 1.82) is 0 Å². The fourth-order valence-electron chi connectivity index (χ4n) is 2.09. The van der Waals surface area contributed by atoms with Crippen molar-refractivity contribution in [3.8, 4) is 0 Å². The fourth-order valence-corrected chi connectivity index (χ4v) is 2.58. The van der Waals surface area contributed by atoms with Gasteiger partial charge in [-0.25, -0.2) is 0 Å². The van der Waals surface area contributed by atoms with Gasteiger partial charge in [0.25, 0.3) is 0 Å². The normalized spacial score (nSPS) is 13.5. The standard InChI is InChI=1S/C13H9Br/c14-13-6-2-5-11-10-4-1-3-9(10)7-8-12(11)13/h1-3,5-8H,4H2. The lowest BCUT2D eigenvalue weighted by Gasteiger charge is -2.06. The van der Waals surface area contributed by atoms with Gasteiger partial charge in [0.2, 0.25) is 0 Å². The van der Waals surface area contributed by atoms with Crippen LogP contribution >= 0.6 is 15.9 Å². The number of hydrogen-bond acceptors (Lipinski definition) is 0. The highest BCUT2D eigenvalue weighted by Crippen LogP contribution is 2.31. The van der Waals surface area contributed by atoms with E-state index in [9.17, 15) is 0 Å². The van der Waals surface area contributed by atoms with Crippen molar-refractivity contribution >= 4 is 32.8 Å². The van der Waals surface area contributed by atoms with Crippen LogP contribution in [-0.2, 0) is 6.42 Å². The van der Waals surface area contributed by atoms with Crippen LogP contribution < -0.4 is 0 Å². The molecule has 0 heterocycles. The maximum absolute atomic E-state index is 3.58. The van der Waals surface area contributed by atoms with Gasteiger partial charge < -0.3 is 0 Å². The van der Waals surface area contributed by atoms with Gasteiger partial charge in [-0.05, 0) is 34.4 Å². The lowest BCUT2D eigenvalue weighted by atomic mass is 10.0. The van der Waals surface area contributed by atoms with Gasteiger partial charge in [0.15, 0.2) is 0 Å². The van der Waals surface area contributed by atoms with Crippen molar-refractivity contribution in [3.63, 3.8) is 0 Å². The average molecular weight is 245 g/mol. The van der Waals surface area contributed by atoms with Crippen molar-refractivity contribution in [1.82, 2.24) is 0 Å². The van der Waals surface area contributed by atoms with E-state index in [-0.39, 0.29) is 0 Å². The highest BCUT2D eigenvalue weighted by Gasteiger charge is 2.09. The van der Waals surface area contributed by atoms with E-state index in [2.05, 4.69) is 58.4 Å². The maximum atomic E-state index is 3.58. The molecule has 0 saturated carbocycles. The molecular formula is C13H9Br. The number of hydrogen-bond donors (Lipinski definition) is 0. The molecule has 0 fully saturated rings. The van der Waals surface area contributed by atoms with Crippen molar-refractivity contribution < 1.29 is 0 Å². The van der Waals surface area contributed by atoms with Crippen LogP contribution in [0.15, 0.2) is 40.9 Å². The Morgan fingerprint density at radius 3 is 2.86 bits per heavy atom. The summed E-state index contributed by atoms with van der Waals surface area (Å²) in [6.45, 7) is 0. The molecule has 14 heavy (non-hydrogen) atoms. The summed E-state index contributed by atoms with van der Waals surface area (Å²) in [5.41, 5.74) is 2.83. The third kappa shape index (κ3) is 1.05. The second-order valence-electron chi connectivity index (χ2n) is 3.57. The van der Waals surface area contributed by atoms with E-state index in [4.69, 9.17) is 0 Å². The van der Waals surface area contributed by atoms with Crippen LogP contribution in [0.1, 0.15) is 11.1 Å². The lowest BCUT2D eigenvalue weighted by Crippen LogP contribution is -1.85. The Morgan fingerprint density at radius 2 is 1.93 bits per heavy atom. The van der Waals surface area contributed by atoms with Crippen molar-refractivity contribution in [2.45, 2.75) is 6.42 Å². The summed E-state index contributed by atoms with van der Waals surface area (Å²) in [5.74, 6) is 0. The monoisotopic (exact) mass is 244 g/mol. The average Bonchev–Trinajstić information content (AvgIpc) is 2.66. The van der Waals surface area contributed by atoms with Crippen molar-refractivity contribution in [2.24, 2.45) is 0 Å². The summed E-state index contributed by atoms with van der Waals surface area (Å²) in [7, 11) is 0. The number of halogens is 1. The summed E-state index contributed by atoms with van der Waals surface area (Å²) >= 11 is 3.58. The lowest BCUT2D eigenvalue weighted by molar-refractivity contribution is 1.34. The molecule has 0 radical (unpaired) electrons. The first-order valence-electron chi connectivity index (χ1n) is 4.73. The van der Waals surface area contributed by atoms with Crippen LogP contribution in [0, 0.1) is 0 Å². The zero-order valence-corrected chi connectivity index (χ0v) is 9.21. The molecule has 0 aromatic heterocycles. The molecule has 1 aliphatic rings. The van der Waals surface area contributed by atoms with E-state index in [0.717, 1.165) is 6.42 Å². The SMILES string of the molecule is Brc1cccc2c3c(ccc12)C=CC3. The smallest absolute Gasteiger partial charge is 0.0253 e. The summed E-state index contributed by atoms with van der Waals surface area (Å²) in [6, 6.07) is 10.8. The van der Waals surface area contributed by atoms with E-state index < -0.39 is 0 Å². The Balaban J connectivity index is 2.47. The topological polar surface area (TPSA) is 0 Å². The Kier molecular flexibility index (Phi) is 1.74. The van der Waals surface area contributed by atoms with E-state index in [1.165, 1.54) is 26.4 Å². The summed E-state index contributed by atoms with van der Waals surface area (Å²) < 4.78 is 1.18. The molecule has 2 aromatic carbocycles. The molecule has 0 bridgehead atoms. The first-order valence-corrected chi connectivity index (χ1v) is 5.52. The fraction of sp³-hybridized carbons (Fsp3) is 0.0769. The molecule has 2 aromatic rings. The quantitative estimate of drug-likeness (QED) is 0.653. The summed E-state index contributed by atoms with van der Waals surface area (Å²) in [4.78, 5) is 0. The third-order valence-electron chi connectivity index (χ3n) is 2.78. The van der Waals surface area contributed by atoms with Crippen LogP contribution in [0.3, 0.4) is 0 Å². The molecule has 0 amide bonds. The van der Waals surface area contributed by atoms with Crippen LogP contribution in [-0.4, -0.2) is 0 Å². The minimum absolute atomic E-state index is 1.07. The molecule has 1 heteroatoms. The number of rotatable bonds is 0. The zero-order valence-electron chi connectivity index (χ0n) is 7.63. The zero-order chi connectivity index (χ0) is 9.54.